The lowest BCUT2D eigenvalue weighted by Gasteiger charge is -2.17. The van der Waals surface area contributed by atoms with Crippen LogP contribution in [0.25, 0.3) is 10.2 Å². The van der Waals surface area contributed by atoms with Gasteiger partial charge in [0.2, 0.25) is 11.8 Å². The molecule has 1 N–H and O–H groups in total. The van der Waals surface area contributed by atoms with Gasteiger partial charge in [-0.25, -0.2) is 9.88 Å². The first-order chi connectivity index (χ1) is 12.5. The summed E-state index contributed by atoms with van der Waals surface area (Å²) in [6.45, 7) is 0. The Kier molecular flexibility index (Phi) is 3.48. The topological polar surface area (TPSA) is 87.6 Å². The number of carbonyl (C=O) groups excluding carboxylic acids is 2. The van der Waals surface area contributed by atoms with Crippen LogP contribution in [-0.4, -0.2) is 33.6 Å². The van der Waals surface area contributed by atoms with E-state index in [1.165, 1.54) is 28.0 Å². The van der Waals surface area contributed by atoms with Crippen LogP contribution in [0, 0.1) is 23.7 Å². The van der Waals surface area contributed by atoms with Crippen LogP contribution >= 0.6 is 23.1 Å². The molecule has 2 bridgehead atoms. The monoisotopic (exact) mass is 386 g/mol. The second kappa shape index (κ2) is 5.65. The number of carbonyl (C=O) groups is 3. The molecule has 26 heavy (non-hydrogen) atoms. The van der Waals surface area contributed by atoms with Crippen molar-refractivity contribution in [3.63, 3.8) is 0 Å². The molecule has 0 spiro atoms. The molecule has 2 fully saturated rings. The van der Waals surface area contributed by atoms with Crippen LogP contribution in [0.4, 0.5) is 5.69 Å². The number of carboxylic acids is 1. The van der Waals surface area contributed by atoms with Crippen LogP contribution in [-0.2, 0) is 14.4 Å². The summed E-state index contributed by atoms with van der Waals surface area (Å²) < 4.78 is 1.51. The predicted octanol–water partition coefficient (Wildman–Crippen LogP) is 2.78. The molecule has 4 atom stereocenters. The number of carboxylic acid groups (broad SMARTS) is 1. The number of hydrogen-bond acceptors (Lipinski definition) is 6. The van der Waals surface area contributed by atoms with Crippen molar-refractivity contribution < 1.29 is 19.5 Å². The highest BCUT2D eigenvalue weighted by Crippen LogP contribution is 2.53. The summed E-state index contributed by atoms with van der Waals surface area (Å²) in [6, 6.07) is 5.34. The highest BCUT2D eigenvalue weighted by Gasteiger charge is 2.59. The van der Waals surface area contributed by atoms with E-state index in [0.29, 0.717) is 10.0 Å². The quantitative estimate of drug-likeness (QED) is 0.494. The third kappa shape index (κ3) is 2.25. The van der Waals surface area contributed by atoms with E-state index in [2.05, 4.69) is 17.1 Å². The van der Waals surface area contributed by atoms with Crippen LogP contribution < -0.4 is 4.90 Å². The first kappa shape index (κ1) is 16.0. The third-order valence-corrected chi connectivity index (χ3v) is 7.55. The number of thioether (sulfide) groups is 1. The van der Waals surface area contributed by atoms with Gasteiger partial charge >= 0.3 is 5.97 Å². The molecule has 8 heteroatoms. The fourth-order valence-electron chi connectivity index (χ4n) is 4.37. The average Bonchev–Trinajstić information content (AvgIpc) is 3.35. The fourth-order valence-corrected chi connectivity index (χ4v) is 6.19. The van der Waals surface area contributed by atoms with E-state index in [-0.39, 0.29) is 41.2 Å². The van der Waals surface area contributed by atoms with Gasteiger partial charge in [0.1, 0.15) is 0 Å². The zero-order valence-corrected chi connectivity index (χ0v) is 15.1. The maximum Gasteiger partial charge on any atom is 0.313 e. The van der Waals surface area contributed by atoms with E-state index in [1.54, 1.807) is 12.1 Å². The molecule has 0 radical (unpaired) electrons. The molecule has 1 saturated heterocycles. The SMILES string of the molecule is O=C(O)CSc1nc2ccc(N3C(=O)C4C5C=CC(C5)C4C3=O)cc2s1. The number of fused-ring (bicyclic) bond motifs is 6. The minimum absolute atomic E-state index is 0.0467. The zero-order chi connectivity index (χ0) is 18.0. The molecule has 132 valence electrons. The van der Waals surface area contributed by atoms with Crippen LogP contribution in [0.5, 0.6) is 0 Å². The Morgan fingerprint density at radius 1 is 1.23 bits per heavy atom. The van der Waals surface area contributed by atoms with Gasteiger partial charge in [-0.2, -0.15) is 0 Å². The molecule has 3 aliphatic rings. The number of benzene rings is 1. The average molecular weight is 386 g/mol. The van der Waals surface area contributed by atoms with E-state index in [0.717, 1.165) is 16.6 Å². The molecule has 1 saturated carbocycles. The maximum absolute atomic E-state index is 12.9. The van der Waals surface area contributed by atoms with Crippen LogP contribution in [0.2, 0.25) is 0 Å². The standard InChI is InChI=1S/C18H14N2O4S2/c21-13(22)7-25-18-19-11-4-3-10(6-12(11)26-18)20-16(23)14-8-1-2-9(5-8)15(14)17(20)24/h1-4,6,8-9,14-15H,5,7H2,(H,21,22). The number of aliphatic carboxylic acids is 1. The van der Waals surface area contributed by atoms with Crippen molar-refractivity contribution in [3.8, 4) is 0 Å². The van der Waals surface area contributed by atoms with Gasteiger partial charge in [-0.15, -0.1) is 11.3 Å². The number of hydrogen-bond donors (Lipinski definition) is 1. The van der Waals surface area contributed by atoms with Gasteiger partial charge in [0.15, 0.2) is 4.34 Å². The molecule has 2 aromatic rings. The Hall–Kier alpha value is -2.19. The molecule has 2 amide bonds. The Labute approximate surface area is 156 Å². The van der Waals surface area contributed by atoms with Crippen molar-refractivity contribution in [1.82, 2.24) is 4.98 Å². The summed E-state index contributed by atoms with van der Waals surface area (Å²) in [7, 11) is 0. The summed E-state index contributed by atoms with van der Waals surface area (Å²) in [5, 5.41) is 8.79. The number of imide groups is 1. The maximum atomic E-state index is 12.9. The van der Waals surface area contributed by atoms with Crippen LogP contribution in [0.15, 0.2) is 34.7 Å². The van der Waals surface area contributed by atoms with Crippen molar-refractivity contribution in [2.45, 2.75) is 10.8 Å². The van der Waals surface area contributed by atoms with Crippen molar-refractivity contribution in [1.29, 1.82) is 0 Å². The van der Waals surface area contributed by atoms with Crippen molar-refractivity contribution in [2.24, 2.45) is 23.7 Å². The lowest BCUT2D eigenvalue weighted by molar-refractivity contribution is -0.134. The molecular formula is C18H14N2O4S2. The number of anilines is 1. The summed E-state index contributed by atoms with van der Waals surface area (Å²) in [6.07, 6.45) is 5.08. The minimum atomic E-state index is -0.891. The van der Waals surface area contributed by atoms with E-state index in [1.807, 2.05) is 6.07 Å². The van der Waals surface area contributed by atoms with E-state index < -0.39 is 5.97 Å². The number of amides is 2. The third-order valence-electron chi connectivity index (χ3n) is 5.40. The van der Waals surface area contributed by atoms with Crippen molar-refractivity contribution in [2.75, 3.05) is 10.7 Å². The number of nitrogens with zero attached hydrogens (tertiary/aromatic N) is 2. The summed E-state index contributed by atoms with van der Waals surface area (Å²) in [4.78, 5) is 42.2. The Morgan fingerprint density at radius 2 is 1.92 bits per heavy atom. The molecule has 1 aromatic carbocycles. The number of rotatable bonds is 4. The highest BCUT2D eigenvalue weighted by atomic mass is 32.2. The minimum Gasteiger partial charge on any atom is -0.481 e. The van der Waals surface area contributed by atoms with Gasteiger partial charge < -0.3 is 5.11 Å². The molecule has 1 aromatic heterocycles. The zero-order valence-electron chi connectivity index (χ0n) is 13.5. The van der Waals surface area contributed by atoms with Crippen molar-refractivity contribution >= 4 is 56.8 Å². The molecule has 4 unspecified atom stereocenters. The first-order valence-corrected chi connectivity index (χ1v) is 10.1. The molecule has 6 nitrogen and oxygen atoms in total. The van der Waals surface area contributed by atoms with Crippen LogP contribution in [0.3, 0.4) is 0 Å². The summed E-state index contributed by atoms with van der Waals surface area (Å²) >= 11 is 2.54. The van der Waals surface area contributed by atoms with Gasteiger partial charge in [0, 0.05) is 0 Å². The van der Waals surface area contributed by atoms with Gasteiger partial charge in [-0.1, -0.05) is 23.9 Å². The first-order valence-electron chi connectivity index (χ1n) is 8.34. The van der Waals surface area contributed by atoms with E-state index in [9.17, 15) is 14.4 Å². The molecule has 2 heterocycles. The Balaban J connectivity index is 1.47. The lowest BCUT2D eigenvalue weighted by atomic mass is 9.85. The van der Waals surface area contributed by atoms with E-state index >= 15 is 0 Å². The second-order valence-corrected chi connectivity index (χ2v) is 9.08. The van der Waals surface area contributed by atoms with Gasteiger partial charge in [0.25, 0.3) is 0 Å². The van der Waals surface area contributed by atoms with Crippen LogP contribution in [0.1, 0.15) is 6.42 Å². The van der Waals surface area contributed by atoms with Gasteiger partial charge in [-0.3, -0.25) is 14.4 Å². The molecule has 1 aliphatic heterocycles. The van der Waals surface area contributed by atoms with Crippen molar-refractivity contribution in [3.05, 3.63) is 30.4 Å². The Bertz CT molecular complexity index is 968. The smallest absolute Gasteiger partial charge is 0.313 e. The number of thiazole rings is 1. The van der Waals surface area contributed by atoms with E-state index in [4.69, 9.17) is 5.11 Å². The fraction of sp³-hybridized carbons (Fsp3) is 0.333. The Morgan fingerprint density at radius 3 is 2.58 bits per heavy atom. The number of allylic oxidation sites excluding steroid dienone is 2. The second-order valence-electron chi connectivity index (χ2n) is 6.83. The normalized spacial score (nSPS) is 29.2. The predicted molar refractivity (Wildman–Crippen MR) is 98.2 cm³/mol. The highest BCUT2D eigenvalue weighted by molar-refractivity contribution is 8.01. The summed E-state index contributed by atoms with van der Waals surface area (Å²) in [5.74, 6) is -1.17. The molecule has 2 aliphatic carbocycles. The lowest BCUT2D eigenvalue weighted by Crippen LogP contribution is -2.32. The largest absolute Gasteiger partial charge is 0.481 e. The molecule has 5 rings (SSSR count). The van der Waals surface area contributed by atoms with Gasteiger partial charge in [-0.05, 0) is 36.5 Å². The molecular weight excluding hydrogens is 372 g/mol. The van der Waals surface area contributed by atoms with Gasteiger partial charge in [0.05, 0.1) is 33.5 Å². The summed E-state index contributed by atoms with van der Waals surface area (Å²) in [5.41, 5.74) is 1.33. The number of aromatic nitrogens is 1.